The molecule has 2 aromatic heterocycles. The maximum absolute atomic E-state index is 12.8. The van der Waals surface area contributed by atoms with Gasteiger partial charge in [0.25, 0.3) is 0 Å². The van der Waals surface area contributed by atoms with Crippen LogP contribution in [-0.4, -0.2) is 46.5 Å². The molecule has 0 N–H and O–H groups in total. The summed E-state index contributed by atoms with van der Waals surface area (Å²) in [5, 5.41) is 1.08. The number of amides is 1. The van der Waals surface area contributed by atoms with Crippen LogP contribution in [-0.2, 0) is 24.4 Å². The molecule has 0 radical (unpaired) electrons. The lowest BCUT2D eigenvalue weighted by atomic mass is 10.1. The average molecular weight is 402 g/mol. The average Bonchev–Trinajstić information content (AvgIpc) is 3.03. The minimum Gasteiger partial charge on any atom is -0.353 e. The summed E-state index contributed by atoms with van der Waals surface area (Å²) in [5.74, 6) is 0.556. The molecule has 0 bridgehead atoms. The van der Waals surface area contributed by atoms with Gasteiger partial charge in [0.2, 0.25) is 5.91 Å². The normalized spacial score (nSPS) is 15.2. The molecule has 0 saturated carbocycles. The third-order valence-corrected chi connectivity index (χ3v) is 5.35. The molecule has 1 saturated heterocycles. The molecule has 0 spiro atoms. The first-order valence-electron chi connectivity index (χ1n) is 9.42. The van der Waals surface area contributed by atoms with E-state index in [0.29, 0.717) is 38.4 Å². The number of benzene rings is 1. The number of aryl methyl sites for hydroxylation is 1. The molecule has 3 heterocycles. The monoisotopic (exact) mass is 402 g/mol. The molecule has 1 amide bonds. The summed E-state index contributed by atoms with van der Waals surface area (Å²) in [6.45, 7) is 2.12. The fraction of sp³-hybridized carbons (Fsp3) is 0.333. The summed E-state index contributed by atoms with van der Waals surface area (Å²) >= 11 is 0. The number of alkyl halides is 3. The lowest BCUT2D eigenvalue weighted by Gasteiger charge is -2.35. The van der Waals surface area contributed by atoms with Crippen molar-refractivity contribution in [2.24, 2.45) is 7.05 Å². The Kier molecular flexibility index (Phi) is 4.94. The van der Waals surface area contributed by atoms with Crippen LogP contribution in [0.4, 0.5) is 19.0 Å². The van der Waals surface area contributed by atoms with E-state index in [1.807, 2.05) is 51.9 Å². The van der Waals surface area contributed by atoms with Crippen LogP contribution in [0.25, 0.3) is 10.9 Å². The Morgan fingerprint density at radius 1 is 1.07 bits per heavy atom. The number of hydrogen-bond donors (Lipinski definition) is 0. The Hall–Kier alpha value is -3.03. The first kappa shape index (κ1) is 19.3. The van der Waals surface area contributed by atoms with Gasteiger partial charge in [0.1, 0.15) is 5.82 Å². The Bertz CT molecular complexity index is 1020. The number of piperazine rings is 1. The van der Waals surface area contributed by atoms with Crippen molar-refractivity contribution in [3.63, 3.8) is 0 Å². The van der Waals surface area contributed by atoms with Crippen molar-refractivity contribution in [1.29, 1.82) is 0 Å². The molecule has 4 rings (SSSR count). The lowest BCUT2D eigenvalue weighted by Crippen LogP contribution is -2.49. The van der Waals surface area contributed by atoms with E-state index in [-0.39, 0.29) is 5.91 Å². The second-order valence-corrected chi connectivity index (χ2v) is 7.23. The van der Waals surface area contributed by atoms with Crippen molar-refractivity contribution in [3.8, 4) is 0 Å². The Balaban J connectivity index is 1.38. The highest BCUT2D eigenvalue weighted by atomic mass is 19.4. The lowest BCUT2D eigenvalue weighted by molar-refractivity contribution is -0.137. The van der Waals surface area contributed by atoms with Crippen molar-refractivity contribution in [3.05, 3.63) is 59.9 Å². The van der Waals surface area contributed by atoms with Gasteiger partial charge in [-0.1, -0.05) is 18.2 Å². The smallest absolute Gasteiger partial charge is 0.353 e. The first-order valence-corrected chi connectivity index (χ1v) is 9.42. The molecule has 3 aromatic rings. The second kappa shape index (κ2) is 7.42. The molecule has 0 aliphatic carbocycles. The topological polar surface area (TPSA) is 41.4 Å². The quantitative estimate of drug-likeness (QED) is 0.674. The molecule has 1 fully saturated rings. The predicted octanol–water partition coefficient (Wildman–Crippen LogP) is 3.48. The van der Waals surface area contributed by atoms with Crippen LogP contribution in [0, 0.1) is 0 Å². The van der Waals surface area contributed by atoms with Crippen LogP contribution >= 0.6 is 0 Å². The number of rotatable bonds is 3. The Labute approximate surface area is 166 Å². The molecular formula is C21H21F3N4O. The molecule has 8 heteroatoms. The highest BCUT2D eigenvalue weighted by Crippen LogP contribution is 2.29. The van der Waals surface area contributed by atoms with Gasteiger partial charge in [0.05, 0.1) is 12.0 Å². The van der Waals surface area contributed by atoms with Crippen molar-refractivity contribution in [2.75, 3.05) is 31.1 Å². The number of fused-ring (bicyclic) bond motifs is 1. The van der Waals surface area contributed by atoms with Gasteiger partial charge in [-0.05, 0) is 23.8 Å². The SMILES string of the molecule is Cn1cc(CC(=O)N2CCN(c3ccc(C(F)(F)F)cn3)CC2)c2ccccc21. The molecule has 29 heavy (non-hydrogen) atoms. The zero-order valence-corrected chi connectivity index (χ0v) is 16.0. The minimum absolute atomic E-state index is 0.0568. The van der Waals surface area contributed by atoms with Crippen LogP contribution < -0.4 is 4.90 Å². The number of carbonyl (C=O) groups excluding carboxylic acids is 1. The number of para-hydroxylation sites is 1. The maximum Gasteiger partial charge on any atom is 0.417 e. The van der Waals surface area contributed by atoms with Crippen LogP contribution in [0.3, 0.4) is 0 Å². The van der Waals surface area contributed by atoms with E-state index >= 15 is 0 Å². The van der Waals surface area contributed by atoms with Gasteiger partial charge >= 0.3 is 6.18 Å². The number of carbonyl (C=O) groups is 1. The van der Waals surface area contributed by atoms with Gasteiger partial charge in [-0.2, -0.15) is 13.2 Å². The summed E-state index contributed by atoms with van der Waals surface area (Å²) in [4.78, 5) is 20.4. The largest absolute Gasteiger partial charge is 0.417 e. The van der Waals surface area contributed by atoms with Crippen LogP contribution in [0.15, 0.2) is 48.8 Å². The van der Waals surface area contributed by atoms with Crippen LogP contribution in [0.5, 0.6) is 0 Å². The van der Waals surface area contributed by atoms with E-state index in [1.165, 1.54) is 6.07 Å². The predicted molar refractivity (Wildman–Crippen MR) is 105 cm³/mol. The highest BCUT2D eigenvalue weighted by molar-refractivity contribution is 5.89. The van der Waals surface area contributed by atoms with E-state index < -0.39 is 11.7 Å². The maximum atomic E-state index is 12.8. The van der Waals surface area contributed by atoms with Gasteiger partial charge in [-0.25, -0.2) is 4.98 Å². The second-order valence-electron chi connectivity index (χ2n) is 7.23. The number of pyridine rings is 1. The fourth-order valence-corrected chi connectivity index (χ4v) is 3.77. The van der Waals surface area contributed by atoms with Crippen molar-refractivity contribution in [2.45, 2.75) is 12.6 Å². The summed E-state index contributed by atoms with van der Waals surface area (Å²) in [5.41, 5.74) is 1.33. The van der Waals surface area contributed by atoms with Crippen LogP contribution in [0.1, 0.15) is 11.1 Å². The molecule has 0 unspecified atom stereocenters. The number of halogens is 3. The van der Waals surface area contributed by atoms with Gasteiger partial charge in [-0.3, -0.25) is 4.79 Å². The summed E-state index contributed by atoms with van der Waals surface area (Å²) < 4.78 is 40.1. The summed E-state index contributed by atoms with van der Waals surface area (Å²) in [7, 11) is 1.96. The molecule has 152 valence electrons. The molecule has 1 aliphatic rings. The number of hydrogen-bond acceptors (Lipinski definition) is 3. The van der Waals surface area contributed by atoms with Crippen molar-refractivity contribution >= 4 is 22.6 Å². The number of aromatic nitrogens is 2. The Morgan fingerprint density at radius 2 is 1.79 bits per heavy atom. The zero-order valence-electron chi connectivity index (χ0n) is 16.0. The van der Waals surface area contributed by atoms with E-state index in [0.717, 1.165) is 28.7 Å². The van der Waals surface area contributed by atoms with Crippen LogP contribution in [0.2, 0.25) is 0 Å². The number of nitrogens with zero attached hydrogens (tertiary/aromatic N) is 4. The molecule has 5 nitrogen and oxygen atoms in total. The molecule has 1 aliphatic heterocycles. The van der Waals surface area contributed by atoms with E-state index in [4.69, 9.17) is 0 Å². The van der Waals surface area contributed by atoms with Gasteiger partial charge in [0.15, 0.2) is 0 Å². The van der Waals surface area contributed by atoms with E-state index in [2.05, 4.69) is 4.98 Å². The minimum atomic E-state index is -4.39. The third kappa shape index (κ3) is 3.92. The first-order chi connectivity index (χ1) is 13.8. The van der Waals surface area contributed by atoms with Gasteiger partial charge < -0.3 is 14.4 Å². The third-order valence-electron chi connectivity index (χ3n) is 5.35. The van der Waals surface area contributed by atoms with Gasteiger partial charge in [0, 0.05) is 56.5 Å². The zero-order chi connectivity index (χ0) is 20.6. The molecular weight excluding hydrogens is 381 g/mol. The molecule has 1 aromatic carbocycles. The standard InChI is InChI=1S/C21H21F3N4O/c1-26-14-15(17-4-2-3-5-18(17)26)12-20(29)28-10-8-27(9-11-28)19-7-6-16(13-25-19)21(22,23)24/h2-7,13-14H,8-12H2,1H3. The summed E-state index contributed by atoms with van der Waals surface area (Å²) in [6.07, 6.45) is -1.21. The number of anilines is 1. The van der Waals surface area contributed by atoms with Gasteiger partial charge in [-0.15, -0.1) is 0 Å². The van der Waals surface area contributed by atoms with Crippen molar-refractivity contribution in [1.82, 2.24) is 14.5 Å². The highest BCUT2D eigenvalue weighted by Gasteiger charge is 2.31. The Morgan fingerprint density at radius 3 is 2.45 bits per heavy atom. The summed E-state index contributed by atoms with van der Waals surface area (Å²) in [6, 6.07) is 10.4. The van der Waals surface area contributed by atoms with E-state index in [9.17, 15) is 18.0 Å². The van der Waals surface area contributed by atoms with E-state index in [1.54, 1.807) is 0 Å². The molecule has 0 atom stereocenters. The van der Waals surface area contributed by atoms with Crippen molar-refractivity contribution < 1.29 is 18.0 Å². The fourth-order valence-electron chi connectivity index (χ4n) is 3.77.